The van der Waals surface area contributed by atoms with Crippen LogP contribution < -0.4 is 4.90 Å². The molecule has 0 bridgehead atoms. The molecule has 1 atom stereocenters. The Morgan fingerprint density at radius 3 is 2.96 bits per heavy atom. The van der Waals surface area contributed by atoms with Crippen LogP contribution in [-0.4, -0.2) is 28.0 Å². The maximum Gasteiger partial charge on any atom is 0.199 e. The Kier molecular flexibility index (Phi) is 4.65. The molecule has 0 saturated carbocycles. The number of hydrogen-bond donors (Lipinski definition) is 0. The van der Waals surface area contributed by atoms with E-state index in [0.717, 1.165) is 54.0 Å². The van der Waals surface area contributed by atoms with E-state index in [1.54, 1.807) is 12.5 Å². The van der Waals surface area contributed by atoms with E-state index in [2.05, 4.69) is 19.9 Å². The van der Waals surface area contributed by atoms with Crippen LogP contribution in [0, 0.1) is 0 Å². The van der Waals surface area contributed by atoms with Gasteiger partial charge in [-0.15, -0.1) is 0 Å². The number of oxazole rings is 1. The zero-order chi connectivity index (χ0) is 17.1. The molecule has 3 aromatic rings. The number of piperidine rings is 1. The highest BCUT2D eigenvalue weighted by Crippen LogP contribution is 2.29. The van der Waals surface area contributed by atoms with Crippen molar-refractivity contribution in [3.63, 3.8) is 0 Å². The minimum absolute atomic E-state index is 0.281. The van der Waals surface area contributed by atoms with Crippen LogP contribution in [0.1, 0.15) is 36.0 Å². The van der Waals surface area contributed by atoms with Gasteiger partial charge in [-0.05, 0) is 30.5 Å². The molecule has 1 saturated heterocycles. The van der Waals surface area contributed by atoms with Gasteiger partial charge in [-0.25, -0.2) is 15.0 Å². The Balaban J connectivity index is 1.47. The standard InChI is InChI=1S/C19H19ClN4O/c20-17-6-2-1-4-14(17)10-16-11-22-19(25-16)15-5-3-9-24(12-15)18-7-8-21-13-23-18/h1-2,4,6-8,11,13,15H,3,5,9-10,12H2/t15-/m0/s1. The van der Waals surface area contributed by atoms with Crippen molar-refractivity contribution in [3.8, 4) is 0 Å². The van der Waals surface area contributed by atoms with Crippen molar-refractivity contribution in [2.45, 2.75) is 25.2 Å². The first-order valence-electron chi connectivity index (χ1n) is 8.48. The Bertz CT molecular complexity index is 836. The van der Waals surface area contributed by atoms with Crippen LogP contribution in [-0.2, 0) is 6.42 Å². The molecule has 1 aliphatic rings. The number of hydrogen-bond acceptors (Lipinski definition) is 5. The molecule has 0 spiro atoms. The number of anilines is 1. The third kappa shape index (κ3) is 3.66. The van der Waals surface area contributed by atoms with Crippen molar-refractivity contribution in [1.82, 2.24) is 15.0 Å². The molecule has 5 nitrogen and oxygen atoms in total. The molecule has 1 aliphatic heterocycles. The molecule has 2 aromatic heterocycles. The molecule has 0 amide bonds. The van der Waals surface area contributed by atoms with Gasteiger partial charge >= 0.3 is 0 Å². The molecule has 0 unspecified atom stereocenters. The van der Waals surface area contributed by atoms with Crippen molar-refractivity contribution in [3.05, 3.63) is 71.3 Å². The fourth-order valence-electron chi connectivity index (χ4n) is 3.28. The van der Waals surface area contributed by atoms with Crippen molar-refractivity contribution in [1.29, 1.82) is 0 Å². The van der Waals surface area contributed by atoms with Gasteiger partial charge in [0.2, 0.25) is 0 Å². The van der Waals surface area contributed by atoms with Gasteiger partial charge in [0.15, 0.2) is 5.89 Å². The minimum atomic E-state index is 0.281. The second-order valence-corrected chi connectivity index (χ2v) is 6.69. The summed E-state index contributed by atoms with van der Waals surface area (Å²) in [4.78, 5) is 15.1. The van der Waals surface area contributed by atoms with Crippen LogP contribution in [0.3, 0.4) is 0 Å². The third-order valence-electron chi connectivity index (χ3n) is 4.55. The first-order chi connectivity index (χ1) is 12.3. The topological polar surface area (TPSA) is 55.1 Å². The highest BCUT2D eigenvalue weighted by atomic mass is 35.5. The van der Waals surface area contributed by atoms with Gasteiger partial charge in [0, 0.05) is 30.7 Å². The van der Waals surface area contributed by atoms with Crippen molar-refractivity contribution in [2.24, 2.45) is 0 Å². The zero-order valence-electron chi connectivity index (χ0n) is 13.8. The Hall–Kier alpha value is -2.40. The molecule has 1 aromatic carbocycles. The van der Waals surface area contributed by atoms with Gasteiger partial charge in [-0.1, -0.05) is 29.8 Å². The average Bonchev–Trinajstić information content (AvgIpc) is 3.13. The second-order valence-electron chi connectivity index (χ2n) is 6.29. The second kappa shape index (κ2) is 7.23. The number of benzene rings is 1. The summed E-state index contributed by atoms with van der Waals surface area (Å²) < 4.78 is 6.04. The fourth-order valence-corrected chi connectivity index (χ4v) is 3.48. The SMILES string of the molecule is Clc1ccccc1Cc1cnc([C@H]2CCCN(c3ccncn3)C2)o1. The molecule has 0 aliphatic carbocycles. The van der Waals surface area contributed by atoms with Crippen LogP contribution in [0.4, 0.5) is 5.82 Å². The summed E-state index contributed by atoms with van der Waals surface area (Å²) in [5.74, 6) is 2.90. The van der Waals surface area contributed by atoms with E-state index in [1.807, 2.05) is 36.5 Å². The van der Waals surface area contributed by atoms with Gasteiger partial charge in [0.1, 0.15) is 17.9 Å². The molecule has 0 radical (unpaired) electrons. The molecular formula is C19H19ClN4O. The number of aromatic nitrogens is 3. The van der Waals surface area contributed by atoms with Gasteiger partial charge in [-0.2, -0.15) is 0 Å². The summed E-state index contributed by atoms with van der Waals surface area (Å²) in [6.45, 7) is 1.86. The molecule has 6 heteroatoms. The van der Waals surface area contributed by atoms with E-state index in [0.29, 0.717) is 6.42 Å². The van der Waals surface area contributed by atoms with Crippen LogP contribution in [0.2, 0.25) is 5.02 Å². The van der Waals surface area contributed by atoms with Crippen molar-refractivity contribution >= 4 is 17.4 Å². The molecule has 4 rings (SSSR count). The zero-order valence-corrected chi connectivity index (χ0v) is 14.6. The molecule has 1 fully saturated rings. The smallest absolute Gasteiger partial charge is 0.199 e. The predicted octanol–water partition coefficient (Wildman–Crippen LogP) is 4.09. The fraction of sp³-hybridized carbons (Fsp3) is 0.316. The van der Waals surface area contributed by atoms with E-state index < -0.39 is 0 Å². The van der Waals surface area contributed by atoms with Gasteiger partial charge in [0.25, 0.3) is 0 Å². The maximum atomic E-state index is 6.24. The first kappa shape index (κ1) is 16.1. The lowest BCUT2D eigenvalue weighted by molar-refractivity contribution is 0.384. The lowest BCUT2D eigenvalue weighted by atomic mass is 9.98. The lowest BCUT2D eigenvalue weighted by Crippen LogP contribution is -2.35. The van der Waals surface area contributed by atoms with E-state index in [4.69, 9.17) is 16.0 Å². The van der Waals surface area contributed by atoms with Crippen LogP contribution >= 0.6 is 11.6 Å². The van der Waals surface area contributed by atoms with Crippen molar-refractivity contribution in [2.75, 3.05) is 18.0 Å². The Morgan fingerprint density at radius 2 is 2.12 bits per heavy atom. The highest BCUT2D eigenvalue weighted by Gasteiger charge is 2.26. The molecule has 128 valence electrons. The highest BCUT2D eigenvalue weighted by molar-refractivity contribution is 6.31. The Morgan fingerprint density at radius 1 is 1.20 bits per heavy atom. The molecule has 0 N–H and O–H groups in total. The minimum Gasteiger partial charge on any atom is -0.445 e. The monoisotopic (exact) mass is 354 g/mol. The first-order valence-corrected chi connectivity index (χ1v) is 8.86. The van der Waals surface area contributed by atoms with E-state index in [9.17, 15) is 0 Å². The van der Waals surface area contributed by atoms with Gasteiger partial charge in [0.05, 0.1) is 12.1 Å². The maximum absolute atomic E-state index is 6.24. The summed E-state index contributed by atoms with van der Waals surface area (Å²) in [5, 5.41) is 0.757. The number of rotatable bonds is 4. The normalized spacial score (nSPS) is 17.6. The molecule has 3 heterocycles. The van der Waals surface area contributed by atoms with Crippen molar-refractivity contribution < 1.29 is 4.42 Å². The third-order valence-corrected chi connectivity index (χ3v) is 4.92. The summed E-state index contributed by atoms with van der Waals surface area (Å²) in [6.07, 6.45) is 8.02. The van der Waals surface area contributed by atoms with E-state index >= 15 is 0 Å². The number of halogens is 1. The summed E-state index contributed by atoms with van der Waals surface area (Å²) in [7, 11) is 0. The average molecular weight is 355 g/mol. The van der Waals surface area contributed by atoms with Gasteiger partial charge in [-0.3, -0.25) is 0 Å². The van der Waals surface area contributed by atoms with Crippen LogP contribution in [0.15, 0.2) is 53.5 Å². The Labute approximate surface area is 151 Å². The summed E-state index contributed by atoms with van der Waals surface area (Å²) in [5.41, 5.74) is 1.05. The quantitative estimate of drug-likeness (QED) is 0.706. The summed E-state index contributed by atoms with van der Waals surface area (Å²) in [6, 6.07) is 9.78. The summed E-state index contributed by atoms with van der Waals surface area (Å²) >= 11 is 6.24. The van der Waals surface area contributed by atoms with Gasteiger partial charge < -0.3 is 9.32 Å². The predicted molar refractivity (Wildman–Crippen MR) is 97.0 cm³/mol. The number of nitrogens with zero attached hydrogens (tertiary/aromatic N) is 4. The molecule has 25 heavy (non-hydrogen) atoms. The van der Waals surface area contributed by atoms with E-state index in [-0.39, 0.29) is 5.92 Å². The largest absolute Gasteiger partial charge is 0.445 e. The van der Waals surface area contributed by atoms with Crippen LogP contribution in [0.5, 0.6) is 0 Å². The van der Waals surface area contributed by atoms with Crippen LogP contribution in [0.25, 0.3) is 0 Å². The lowest BCUT2D eigenvalue weighted by Gasteiger charge is -2.31. The molecular weight excluding hydrogens is 336 g/mol. The van der Waals surface area contributed by atoms with E-state index in [1.165, 1.54) is 0 Å².